The van der Waals surface area contributed by atoms with Crippen molar-refractivity contribution < 1.29 is 20.4 Å². The minimum absolute atomic E-state index is 0.0709. The molecule has 3 atom stereocenters. The van der Waals surface area contributed by atoms with Gasteiger partial charge >= 0.3 is 0 Å². The van der Waals surface area contributed by atoms with Gasteiger partial charge in [0.25, 0.3) is 0 Å². The van der Waals surface area contributed by atoms with Crippen molar-refractivity contribution in [1.29, 1.82) is 0 Å². The molecule has 5 heteroatoms. The van der Waals surface area contributed by atoms with Crippen LogP contribution in [0.15, 0.2) is 0 Å². The maximum Gasteiger partial charge on any atom is 0.116 e. The molecule has 0 aromatic carbocycles. The molecule has 11 heavy (non-hydrogen) atoms. The Labute approximate surface area is 70.1 Å². The molecular formula is C6H12O4S. The maximum atomic E-state index is 9.05. The molecule has 0 fully saturated rings. The van der Waals surface area contributed by atoms with Crippen LogP contribution in [0.1, 0.15) is 6.92 Å². The van der Waals surface area contributed by atoms with Crippen molar-refractivity contribution in [3.63, 3.8) is 0 Å². The second kappa shape index (κ2) is 4.74. The zero-order valence-electron chi connectivity index (χ0n) is 6.14. The highest BCUT2D eigenvalue weighted by Gasteiger charge is 2.23. The zero-order valence-corrected chi connectivity index (χ0v) is 6.95. The molecule has 1 unspecified atom stereocenters. The number of hydrogen-bond acceptors (Lipinski definition) is 5. The number of hydrogen-bond donors (Lipinski definition) is 4. The van der Waals surface area contributed by atoms with E-state index in [0.717, 1.165) is 0 Å². The van der Waals surface area contributed by atoms with E-state index in [0.29, 0.717) is 0 Å². The number of aliphatic hydroxyl groups is 4. The Morgan fingerprint density at radius 2 is 1.82 bits per heavy atom. The van der Waals surface area contributed by atoms with Gasteiger partial charge in [0, 0.05) is 4.86 Å². The molecule has 0 heterocycles. The first-order chi connectivity index (χ1) is 5.00. The first kappa shape index (κ1) is 10.9. The van der Waals surface area contributed by atoms with Gasteiger partial charge < -0.3 is 20.4 Å². The molecule has 0 aliphatic rings. The highest BCUT2D eigenvalue weighted by Crippen LogP contribution is 2.01. The van der Waals surface area contributed by atoms with Crippen molar-refractivity contribution in [2.45, 2.75) is 25.2 Å². The fourth-order valence-electron chi connectivity index (χ4n) is 0.548. The van der Waals surface area contributed by atoms with Gasteiger partial charge in [-0.15, -0.1) is 0 Å². The summed E-state index contributed by atoms with van der Waals surface area (Å²) in [5.74, 6) is 0. The van der Waals surface area contributed by atoms with Crippen molar-refractivity contribution in [3.05, 3.63) is 0 Å². The van der Waals surface area contributed by atoms with Crippen LogP contribution in [0, 0.1) is 0 Å². The molecule has 4 N–H and O–H groups in total. The van der Waals surface area contributed by atoms with E-state index in [1.54, 1.807) is 0 Å². The van der Waals surface area contributed by atoms with E-state index in [4.69, 9.17) is 20.4 Å². The van der Waals surface area contributed by atoms with Gasteiger partial charge in [0.1, 0.15) is 12.2 Å². The van der Waals surface area contributed by atoms with Crippen LogP contribution in [0.2, 0.25) is 0 Å². The number of aliphatic hydroxyl groups excluding tert-OH is 4. The molecule has 4 nitrogen and oxygen atoms in total. The van der Waals surface area contributed by atoms with Gasteiger partial charge in [0.15, 0.2) is 0 Å². The van der Waals surface area contributed by atoms with E-state index in [1.807, 2.05) is 0 Å². The average Bonchev–Trinajstić information content (AvgIpc) is 2.00. The molecule has 0 radical (unpaired) electrons. The molecule has 0 saturated carbocycles. The lowest BCUT2D eigenvalue weighted by Gasteiger charge is -2.19. The third-order valence-electron chi connectivity index (χ3n) is 1.30. The van der Waals surface area contributed by atoms with Gasteiger partial charge in [0.05, 0.1) is 12.7 Å². The van der Waals surface area contributed by atoms with E-state index >= 15 is 0 Å². The van der Waals surface area contributed by atoms with E-state index in [1.165, 1.54) is 6.92 Å². The quantitative estimate of drug-likeness (QED) is 0.394. The van der Waals surface area contributed by atoms with Crippen LogP contribution in [0.3, 0.4) is 0 Å². The molecule has 0 aromatic rings. The Kier molecular flexibility index (Phi) is 4.71. The minimum atomic E-state index is -1.34. The van der Waals surface area contributed by atoms with Crippen LogP contribution in [-0.4, -0.2) is 50.2 Å². The third-order valence-corrected chi connectivity index (χ3v) is 1.67. The maximum absolute atomic E-state index is 9.05. The van der Waals surface area contributed by atoms with Gasteiger partial charge in [-0.25, -0.2) is 0 Å². The zero-order chi connectivity index (χ0) is 9.02. The molecular weight excluding hydrogens is 168 g/mol. The Morgan fingerprint density at radius 3 is 2.09 bits per heavy atom. The predicted octanol–water partition coefficient (Wildman–Crippen LogP) is -1.55. The summed E-state index contributed by atoms with van der Waals surface area (Å²) < 4.78 is 0. The van der Waals surface area contributed by atoms with Crippen LogP contribution in [0.4, 0.5) is 0 Å². The van der Waals surface area contributed by atoms with E-state index < -0.39 is 24.9 Å². The fourth-order valence-corrected chi connectivity index (χ4v) is 0.687. The molecule has 0 bridgehead atoms. The largest absolute Gasteiger partial charge is 0.391 e. The van der Waals surface area contributed by atoms with Crippen LogP contribution < -0.4 is 0 Å². The lowest BCUT2D eigenvalue weighted by Crippen LogP contribution is -2.41. The molecule has 0 aliphatic carbocycles. The monoisotopic (exact) mass is 180 g/mol. The molecule has 0 rings (SSSR count). The summed E-state index contributed by atoms with van der Waals surface area (Å²) in [5, 5.41) is 35.3. The highest BCUT2D eigenvalue weighted by molar-refractivity contribution is 7.80. The first-order valence-electron chi connectivity index (χ1n) is 3.18. The van der Waals surface area contributed by atoms with Gasteiger partial charge in [-0.2, -0.15) is 0 Å². The Balaban J connectivity index is 4.01. The fraction of sp³-hybridized carbons (Fsp3) is 0.833. The molecule has 0 aliphatic heterocycles. The first-order valence-corrected chi connectivity index (χ1v) is 3.59. The lowest BCUT2D eigenvalue weighted by atomic mass is 10.1. The second-order valence-corrected chi connectivity index (χ2v) is 2.82. The van der Waals surface area contributed by atoms with Crippen LogP contribution in [0.5, 0.6) is 0 Å². The minimum Gasteiger partial charge on any atom is -0.391 e. The number of rotatable bonds is 4. The summed E-state index contributed by atoms with van der Waals surface area (Å²) >= 11 is 4.50. The van der Waals surface area contributed by atoms with Gasteiger partial charge in [-0.1, -0.05) is 12.2 Å². The summed E-state index contributed by atoms with van der Waals surface area (Å²) in [6.45, 7) is 0.855. The van der Waals surface area contributed by atoms with Crippen LogP contribution in [0.25, 0.3) is 0 Å². The van der Waals surface area contributed by atoms with Crippen molar-refractivity contribution in [2.24, 2.45) is 0 Å². The molecule has 0 amide bonds. The molecule has 0 spiro atoms. The van der Waals surface area contributed by atoms with Crippen LogP contribution in [-0.2, 0) is 0 Å². The summed E-state index contributed by atoms with van der Waals surface area (Å²) in [4.78, 5) is -0.0709. The van der Waals surface area contributed by atoms with E-state index in [-0.39, 0.29) is 4.86 Å². The van der Waals surface area contributed by atoms with Gasteiger partial charge in [-0.05, 0) is 6.92 Å². The molecule has 0 aromatic heterocycles. The Morgan fingerprint density at radius 1 is 1.36 bits per heavy atom. The molecule has 66 valence electrons. The smallest absolute Gasteiger partial charge is 0.116 e. The van der Waals surface area contributed by atoms with Crippen molar-refractivity contribution in [3.8, 4) is 0 Å². The SMILES string of the molecule is CC(O)[C@@H](O)[C@@H](O)C(=S)CO. The third kappa shape index (κ3) is 3.22. The van der Waals surface area contributed by atoms with Crippen molar-refractivity contribution >= 4 is 17.1 Å². The van der Waals surface area contributed by atoms with Gasteiger partial charge in [0.2, 0.25) is 0 Å². The average molecular weight is 180 g/mol. The summed E-state index contributed by atoms with van der Waals surface area (Å²) in [5.41, 5.74) is 0. The van der Waals surface area contributed by atoms with E-state index in [2.05, 4.69) is 12.2 Å². The predicted molar refractivity (Wildman–Crippen MR) is 43.4 cm³/mol. The van der Waals surface area contributed by atoms with Crippen molar-refractivity contribution in [1.82, 2.24) is 0 Å². The summed E-state index contributed by atoms with van der Waals surface area (Å²) in [6.07, 6.45) is -3.72. The van der Waals surface area contributed by atoms with Gasteiger partial charge in [-0.3, -0.25) is 0 Å². The highest BCUT2D eigenvalue weighted by atomic mass is 32.1. The Hall–Kier alpha value is -0.0700. The van der Waals surface area contributed by atoms with Crippen LogP contribution >= 0.6 is 12.2 Å². The standard InChI is InChI=1S/C6H12O4S/c1-3(8)5(9)6(10)4(11)2-7/h3,5-10H,2H2,1H3/t3?,5-,6+/m1/s1. The summed E-state index contributed by atoms with van der Waals surface area (Å²) in [6, 6.07) is 0. The van der Waals surface area contributed by atoms with E-state index in [9.17, 15) is 0 Å². The number of thiocarbonyl (C=S) groups is 1. The second-order valence-electron chi connectivity index (χ2n) is 2.30. The Bertz CT molecular complexity index is 137. The topological polar surface area (TPSA) is 80.9 Å². The molecule has 0 saturated heterocycles. The normalized spacial score (nSPS) is 19.0. The lowest BCUT2D eigenvalue weighted by molar-refractivity contribution is -0.0261. The summed E-state index contributed by atoms with van der Waals surface area (Å²) in [7, 11) is 0. The van der Waals surface area contributed by atoms with Crippen molar-refractivity contribution in [2.75, 3.05) is 6.61 Å².